The fraction of sp³-hybridized carbons (Fsp3) is 0.278. The molecule has 0 unspecified atom stereocenters. The number of rotatable bonds is 5. The van der Waals surface area contributed by atoms with E-state index in [-0.39, 0.29) is 13.2 Å². The number of amides is 1. The number of halogens is 3. The molecule has 24 heavy (non-hydrogen) atoms. The molecule has 2 aromatic carbocycles. The third kappa shape index (κ3) is 4.75. The van der Waals surface area contributed by atoms with E-state index in [9.17, 15) is 18.0 Å². The molecule has 0 fully saturated rings. The van der Waals surface area contributed by atoms with Crippen LogP contribution in [0.2, 0.25) is 0 Å². The van der Waals surface area contributed by atoms with Crippen molar-refractivity contribution in [3.63, 3.8) is 0 Å². The number of hydrogen-bond donors (Lipinski definition) is 1. The van der Waals surface area contributed by atoms with E-state index in [0.29, 0.717) is 11.3 Å². The Morgan fingerprint density at radius 1 is 1.08 bits per heavy atom. The van der Waals surface area contributed by atoms with Gasteiger partial charge < -0.3 is 10.1 Å². The van der Waals surface area contributed by atoms with Gasteiger partial charge in [0.1, 0.15) is 5.75 Å². The maximum absolute atomic E-state index is 12.6. The first-order chi connectivity index (χ1) is 11.3. The molecule has 0 saturated heterocycles. The third-order valence-corrected chi connectivity index (χ3v) is 3.50. The van der Waals surface area contributed by atoms with E-state index >= 15 is 0 Å². The van der Waals surface area contributed by atoms with Gasteiger partial charge in [0.25, 0.3) is 5.91 Å². The molecule has 2 rings (SSSR count). The highest BCUT2D eigenvalue weighted by molar-refractivity contribution is 5.77. The Kier molecular flexibility index (Phi) is 5.49. The quantitative estimate of drug-likeness (QED) is 0.895. The number of nitrogens with one attached hydrogen (secondary N) is 1. The summed E-state index contributed by atoms with van der Waals surface area (Å²) < 4.78 is 43.4. The summed E-state index contributed by atoms with van der Waals surface area (Å²) in [7, 11) is 0. The second kappa shape index (κ2) is 7.38. The summed E-state index contributed by atoms with van der Waals surface area (Å²) in [5.74, 6) is 0.252. The van der Waals surface area contributed by atoms with Gasteiger partial charge in [0, 0.05) is 6.54 Å². The molecule has 3 nitrogen and oxygen atoms in total. The van der Waals surface area contributed by atoms with Crippen LogP contribution in [-0.4, -0.2) is 12.5 Å². The van der Waals surface area contributed by atoms with Crippen molar-refractivity contribution < 1.29 is 22.7 Å². The zero-order chi connectivity index (χ0) is 17.7. The summed E-state index contributed by atoms with van der Waals surface area (Å²) in [6.45, 7) is 3.58. The summed E-state index contributed by atoms with van der Waals surface area (Å²) in [6, 6.07) is 10.5. The first kappa shape index (κ1) is 17.8. The number of carbonyl (C=O) groups excluding carboxylic acids is 1. The van der Waals surface area contributed by atoms with Crippen LogP contribution in [0, 0.1) is 13.8 Å². The lowest BCUT2D eigenvalue weighted by molar-refractivity contribution is -0.137. The Balaban J connectivity index is 1.90. The van der Waals surface area contributed by atoms with Crippen molar-refractivity contribution >= 4 is 5.91 Å². The second-order valence-electron chi connectivity index (χ2n) is 5.48. The highest BCUT2D eigenvalue weighted by atomic mass is 19.4. The van der Waals surface area contributed by atoms with Crippen molar-refractivity contribution in [2.24, 2.45) is 0 Å². The van der Waals surface area contributed by atoms with Crippen molar-refractivity contribution in [3.05, 3.63) is 64.7 Å². The number of hydrogen-bond acceptors (Lipinski definition) is 2. The molecule has 2 aromatic rings. The number of aryl methyl sites for hydroxylation is 2. The van der Waals surface area contributed by atoms with Gasteiger partial charge in [-0.25, -0.2) is 0 Å². The summed E-state index contributed by atoms with van der Waals surface area (Å²) in [5.41, 5.74) is 1.48. The number of alkyl halides is 3. The van der Waals surface area contributed by atoms with E-state index < -0.39 is 17.6 Å². The van der Waals surface area contributed by atoms with Crippen molar-refractivity contribution in [1.82, 2.24) is 5.32 Å². The molecule has 0 aromatic heterocycles. The van der Waals surface area contributed by atoms with E-state index in [1.54, 1.807) is 0 Å². The second-order valence-corrected chi connectivity index (χ2v) is 5.48. The maximum Gasteiger partial charge on any atom is 0.416 e. The SMILES string of the molecule is Cc1cccc(C)c1OCC(=O)NCc1cccc(C(F)(F)F)c1. The molecule has 1 amide bonds. The molecule has 0 aliphatic heterocycles. The van der Waals surface area contributed by atoms with Crippen LogP contribution in [0.4, 0.5) is 13.2 Å². The van der Waals surface area contributed by atoms with Crippen LogP contribution in [-0.2, 0) is 17.5 Å². The van der Waals surface area contributed by atoms with Crippen LogP contribution < -0.4 is 10.1 Å². The Bertz CT molecular complexity index is 706. The number of carbonyl (C=O) groups is 1. The van der Waals surface area contributed by atoms with E-state index in [2.05, 4.69) is 5.32 Å². The number of ether oxygens (including phenoxy) is 1. The van der Waals surface area contributed by atoms with Gasteiger partial charge in [-0.1, -0.05) is 30.3 Å². The molecule has 0 aliphatic rings. The molecule has 1 N–H and O–H groups in total. The molecule has 128 valence electrons. The minimum absolute atomic E-state index is 0.0128. The average Bonchev–Trinajstić information content (AvgIpc) is 2.52. The molecule has 0 atom stereocenters. The normalized spacial score (nSPS) is 11.2. The van der Waals surface area contributed by atoms with Crippen molar-refractivity contribution in [3.8, 4) is 5.75 Å². The van der Waals surface area contributed by atoms with E-state index in [0.717, 1.165) is 23.3 Å². The van der Waals surface area contributed by atoms with Crippen LogP contribution >= 0.6 is 0 Å². The van der Waals surface area contributed by atoms with Crippen LogP contribution in [0.5, 0.6) is 5.75 Å². The predicted molar refractivity (Wildman–Crippen MR) is 84.7 cm³/mol. The Hall–Kier alpha value is -2.50. The van der Waals surface area contributed by atoms with E-state index in [4.69, 9.17) is 4.74 Å². The minimum atomic E-state index is -4.40. The molecule has 0 bridgehead atoms. The average molecular weight is 337 g/mol. The Labute approximate surface area is 138 Å². The molecule has 0 spiro atoms. The monoisotopic (exact) mass is 337 g/mol. The Morgan fingerprint density at radius 2 is 1.71 bits per heavy atom. The minimum Gasteiger partial charge on any atom is -0.483 e. The van der Waals surface area contributed by atoms with Crippen molar-refractivity contribution in [2.45, 2.75) is 26.6 Å². The summed E-state index contributed by atoms with van der Waals surface area (Å²) in [4.78, 5) is 11.8. The van der Waals surface area contributed by atoms with E-state index in [1.165, 1.54) is 12.1 Å². The van der Waals surface area contributed by atoms with Gasteiger partial charge >= 0.3 is 6.18 Å². The van der Waals surface area contributed by atoms with Gasteiger partial charge in [-0.2, -0.15) is 13.2 Å². The van der Waals surface area contributed by atoms with E-state index in [1.807, 2.05) is 32.0 Å². The maximum atomic E-state index is 12.6. The summed E-state index contributed by atoms with van der Waals surface area (Å²) in [5, 5.41) is 2.56. The Morgan fingerprint density at radius 3 is 2.33 bits per heavy atom. The largest absolute Gasteiger partial charge is 0.483 e. The summed E-state index contributed by atoms with van der Waals surface area (Å²) in [6.07, 6.45) is -4.40. The van der Waals surface area contributed by atoms with Gasteiger partial charge in [0.15, 0.2) is 6.61 Å². The first-order valence-corrected chi connectivity index (χ1v) is 7.39. The molecule has 0 saturated carbocycles. The van der Waals surface area contributed by atoms with Crippen LogP contribution in [0.1, 0.15) is 22.3 Å². The van der Waals surface area contributed by atoms with Gasteiger partial charge in [0.2, 0.25) is 0 Å². The predicted octanol–water partition coefficient (Wildman–Crippen LogP) is 4.02. The molecular weight excluding hydrogens is 319 g/mol. The van der Waals surface area contributed by atoms with Crippen LogP contribution in [0.25, 0.3) is 0 Å². The smallest absolute Gasteiger partial charge is 0.416 e. The summed E-state index contributed by atoms with van der Waals surface area (Å²) >= 11 is 0. The fourth-order valence-electron chi connectivity index (χ4n) is 2.27. The topological polar surface area (TPSA) is 38.3 Å². The van der Waals surface area contributed by atoms with Gasteiger partial charge in [0.05, 0.1) is 5.56 Å². The van der Waals surface area contributed by atoms with Gasteiger partial charge in [-0.05, 0) is 42.7 Å². The van der Waals surface area contributed by atoms with Crippen molar-refractivity contribution in [1.29, 1.82) is 0 Å². The lowest BCUT2D eigenvalue weighted by Crippen LogP contribution is -2.28. The first-order valence-electron chi connectivity index (χ1n) is 7.39. The lowest BCUT2D eigenvalue weighted by atomic mass is 10.1. The van der Waals surface area contributed by atoms with Gasteiger partial charge in [-0.3, -0.25) is 4.79 Å². The molecule has 6 heteroatoms. The molecule has 0 radical (unpaired) electrons. The highest BCUT2D eigenvalue weighted by Gasteiger charge is 2.30. The lowest BCUT2D eigenvalue weighted by Gasteiger charge is -2.12. The highest BCUT2D eigenvalue weighted by Crippen LogP contribution is 2.29. The van der Waals surface area contributed by atoms with Crippen molar-refractivity contribution in [2.75, 3.05) is 6.61 Å². The van der Waals surface area contributed by atoms with Gasteiger partial charge in [-0.15, -0.1) is 0 Å². The zero-order valence-corrected chi connectivity index (χ0v) is 13.4. The molecule has 0 aliphatic carbocycles. The van der Waals surface area contributed by atoms with Crippen LogP contribution in [0.15, 0.2) is 42.5 Å². The standard InChI is InChI=1S/C18H18F3NO2/c1-12-5-3-6-13(2)17(12)24-11-16(23)22-10-14-7-4-8-15(9-14)18(19,20)21/h3-9H,10-11H2,1-2H3,(H,22,23). The zero-order valence-electron chi connectivity index (χ0n) is 13.4. The third-order valence-electron chi connectivity index (χ3n) is 3.50. The fourth-order valence-corrected chi connectivity index (χ4v) is 2.27. The van der Waals surface area contributed by atoms with Crippen LogP contribution in [0.3, 0.4) is 0 Å². The molecular formula is C18H18F3NO2. The number of para-hydroxylation sites is 1. The number of benzene rings is 2. The molecule has 0 heterocycles.